The molecule has 1 amide bonds. The highest BCUT2D eigenvalue weighted by Crippen LogP contribution is 2.20. The number of aliphatic carboxylic acids is 1. The van der Waals surface area contributed by atoms with E-state index in [2.05, 4.69) is 0 Å². The van der Waals surface area contributed by atoms with E-state index in [1.807, 2.05) is 0 Å². The molecule has 1 aliphatic heterocycles. The fourth-order valence-electron chi connectivity index (χ4n) is 1.81. The van der Waals surface area contributed by atoms with Gasteiger partial charge < -0.3 is 15.1 Å². The van der Waals surface area contributed by atoms with Gasteiger partial charge in [-0.05, 0) is 19.8 Å². The van der Waals surface area contributed by atoms with Gasteiger partial charge in [0.15, 0.2) is 0 Å². The Bertz CT molecular complexity index is 285. The van der Waals surface area contributed by atoms with Gasteiger partial charge in [-0.3, -0.25) is 4.79 Å². The number of hydrogen-bond acceptors (Lipinski definition) is 3. The first kappa shape index (κ1) is 11.7. The van der Waals surface area contributed by atoms with Crippen molar-refractivity contribution in [3.05, 3.63) is 12.2 Å². The topological polar surface area (TPSA) is 77.8 Å². The summed E-state index contributed by atoms with van der Waals surface area (Å²) in [6.07, 6.45) is 2.89. The van der Waals surface area contributed by atoms with Crippen molar-refractivity contribution in [1.29, 1.82) is 0 Å². The van der Waals surface area contributed by atoms with Gasteiger partial charge >= 0.3 is 5.97 Å². The molecule has 0 aliphatic carbocycles. The lowest BCUT2D eigenvalue weighted by molar-refractivity contribution is -0.132. The highest BCUT2D eigenvalue weighted by atomic mass is 16.4. The van der Waals surface area contributed by atoms with Crippen molar-refractivity contribution in [3.63, 3.8) is 0 Å². The van der Waals surface area contributed by atoms with Crippen LogP contribution in [-0.4, -0.2) is 45.7 Å². The Labute approximate surface area is 88.0 Å². The molecule has 1 rings (SSSR count). The SMILES string of the molecule is CC(O)C1CCCN1C(=O)/C=C/C(=O)O. The molecule has 1 heterocycles. The van der Waals surface area contributed by atoms with Gasteiger partial charge in [0.05, 0.1) is 12.1 Å². The number of carbonyl (C=O) groups excluding carboxylic acids is 1. The van der Waals surface area contributed by atoms with Gasteiger partial charge in [-0.25, -0.2) is 4.79 Å². The van der Waals surface area contributed by atoms with E-state index < -0.39 is 12.1 Å². The van der Waals surface area contributed by atoms with Gasteiger partial charge in [-0.15, -0.1) is 0 Å². The summed E-state index contributed by atoms with van der Waals surface area (Å²) in [5.41, 5.74) is 0. The fraction of sp³-hybridized carbons (Fsp3) is 0.600. The molecule has 2 atom stereocenters. The Morgan fingerprint density at radius 3 is 2.67 bits per heavy atom. The molecule has 0 aromatic heterocycles. The van der Waals surface area contributed by atoms with E-state index in [0.717, 1.165) is 25.0 Å². The second kappa shape index (κ2) is 4.93. The maximum Gasteiger partial charge on any atom is 0.328 e. The monoisotopic (exact) mass is 213 g/mol. The summed E-state index contributed by atoms with van der Waals surface area (Å²) in [5.74, 6) is -1.49. The second-order valence-corrected chi connectivity index (χ2v) is 3.65. The molecular formula is C10H15NO4. The third kappa shape index (κ3) is 3.06. The van der Waals surface area contributed by atoms with Crippen molar-refractivity contribution in [1.82, 2.24) is 4.90 Å². The number of amides is 1. The first-order valence-electron chi connectivity index (χ1n) is 4.92. The highest BCUT2D eigenvalue weighted by Gasteiger charge is 2.30. The van der Waals surface area contributed by atoms with Crippen LogP contribution in [-0.2, 0) is 9.59 Å². The molecular weight excluding hydrogens is 198 g/mol. The van der Waals surface area contributed by atoms with E-state index in [9.17, 15) is 14.7 Å². The molecule has 5 nitrogen and oxygen atoms in total. The normalized spacial score (nSPS) is 23.3. The number of hydrogen-bond donors (Lipinski definition) is 2. The van der Waals surface area contributed by atoms with E-state index in [0.29, 0.717) is 6.54 Å². The average Bonchev–Trinajstić information content (AvgIpc) is 2.62. The summed E-state index contributed by atoms with van der Waals surface area (Å²) >= 11 is 0. The first-order chi connectivity index (χ1) is 7.02. The third-order valence-corrected chi connectivity index (χ3v) is 2.51. The van der Waals surface area contributed by atoms with E-state index in [-0.39, 0.29) is 11.9 Å². The van der Waals surface area contributed by atoms with Crippen molar-refractivity contribution in [2.75, 3.05) is 6.54 Å². The maximum atomic E-state index is 11.5. The van der Waals surface area contributed by atoms with Crippen molar-refractivity contribution >= 4 is 11.9 Å². The molecule has 1 aliphatic rings. The standard InChI is InChI=1S/C10H15NO4/c1-7(12)8-3-2-6-11(8)9(13)4-5-10(14)15/h4-5,7-8,12H,2-3,6H2,1H3,(H,14,15)/b5-4+. The number of carbonyl (C=O) groups is 2. The maximum absolute atomic E-state index is 11.5. The number of carboxylic acid groups (broad SMARTS) is 1. The van der Waals surface area contributed by atoms with Gasteiger partial charge in [0.25, 0.3) is 0 Å². The summed E-state index contributed by atoms with van der Waals surface area (Å²) in [5, 5.41) is 17.8. The molecule has 0 bridgehead atoms. The number of aliphatic hydroxyl groups excluding tert-OH is 1. The zero-order valence-corrected chi connectivity index (χ0v) is 8.59. The lowest BCUT2D eigenvalue weighted by Gasteiger charge is -2.25. The number of aliphatic hydroxyl groups is 1. The van der Waals surface area contributed by atoms with Crippen LogP contribution in [0.4, 0.5) is 0 Å². The van der Waals surface area contributed by atoms with Gasteiger partial charge in [0.2, 0.25) is 5.91 Å². The lowest BCUT2D eigenvalue weighted by atomic mass is 10.1. The quantitative estimate of drug-likeness (QED) is 0.647. The molecule has 15 heavy (non-hydrogen) atoms. The fourth-order valence-corrected chi connectivity index (χ4v) is 1.81. The van der Waals surface area contributed by atoms with Crippen molar-refractivity contribution in [2.45, 2.75) is 31.9 Å². The Morgan fingerprint density at radius 1 is 1.47 bits per heavy atom. The van der Waals surface area contributed by atoms with Gasteiger partial charge in [0, 0.05) is 18.7 Å². The lowest BCUT2D eigenvalue weighted by Crippen LogP contribution is -2.40. The third-order valence-electron chi connectivity index (χ3n) is 2.51. The summed E-state index contributed by atoms with van der Waals surface area (Å²) in [6.45, 7) is 2.22. The van der Waals surface area contributed by atoms with Crippen LogP contribution in [0, 0.1) is 0 Å². The molecule has 84 valence electrons. The van der Waals surface area contributed by atoms with E-state index >= 15 is 0 Å². The number of nitrogens with zero attached hydrogens (tertiary/aromatic N) is 1. The smallest absolute Gasteiger partial charge is 0.328 e. The second-order valence-electron chi connectivity index (χ2n) is 3.65. The van der Waals surface area contributed by atoms with E-state index in [1.54, 1.807) is 6.92 Å². The van der Waals surface area contributed by atoms with E-state index in [4.69, 9.17) is 5.11 Å². The number of likely N-dealkylation sites (tertiary alicyclic amines) is 1. The zero-order valence-electron chi connectivity index (χ0n) is 8.59. The average molecular weight is 213 g/mol. The summed E-state index contributed by atoms with van der Waals surface area (Å²) in [4.78, 5) is 23.3. The number of carboxylic acids is 1. The Morgan fingerprint density at radius 2 is 2.13 bits per heavy atom. The molecule has 0 radical (unpaired) electrons. The summed E-state index contributed by atoms with van der Waals surface area (Å²) in [7, 11) is 0. The predicted molar refractivity (Wildman–Crippen MR) is 53.2 cm³/mol. The van der Waals surface area contributed by atoms with Gasteiger partial charge in [-0.1, -0.05) is 0 Å². The molecule has 1 fully saturated rings. The predicted octanol–water partition coefficient (Wildman–Crippen LogP) is -0.00100. The first-order valence-corrected chi connectivity index (χ1v) is 4.92. The van der Waals surface area contributed by atoms with Crippen LogP contribution >= 0.6 is 0 Å². The Balaban J connectivity index is 2.62. The van der Waals surface area contributed by atoms with Gasteiger partial charge in [0.1, 0.15) is 0 Å². The molecule has 2 unspecified atom stereocenters. The molecule has 0 saturated carbocycles. The minimum absolute atomic E-state index is 0.184. The van der Waals surface area contributed by atoms with Crippen LogP contribution in [0.25, 0.3) is 0 Å². The highest BCUT2D eigenvalue weighted by molar-refractivity contribution is 5.94. The molecule has 5 heteroatoms. The van der Waals surface area contributed by atoms with Crippen LogP contribution in [0.5, 0.6) is 0 Å². The summed E-state index contributed by atoms with van der Waals surface area (Å²) < 4.78 is 0. The molecule has 1 saturated heterocycles. The molecule has 0 aromatic rings. The Kier molecular flexibility index (Phi) is 3.85. The molecule has 0 aromatic carbocycles. The zero-order chi connectivity index (χ0) is 11.4. The van der Waals surface area contributed by atoms with Crippen molar-refractivity contribution < 1.29 is 19.8 Å². The van der Waals surface area contributed by atoms with Crippen LogP contribution in [0.15, 0.2) is 12.2 Å². The molecule has 0 spiro atoms. The minimum Gasteiger partial charge on any atom is -0.478 e. The van der Waals surface area contributed by atoms with E-state index in [1.165, 1.54) is 4.90 Å². The van der Waals surface area contributed by atoms with Crippen LogP contribution in [0.1, 0.15) is 19.8 Å². The van der Waals surface area contributed by atoms with Crippen LogP contribution in [0.3, 0.4) is 0 Å². The minimum atomic E-state index is -1.14. The Hall–Kier alpha value is -1.36. The molecule has 2 N–H and O–H groups in total. The largest absolute Gasteiger partial charge is 0.478 e. The summed E-state index contributed by atoms with van der Waals surface area (Å²) in [6, 6.07) is -0.184. The van der Waals surface area contributed by atoms with Gasteiger partial charge in [-0.2, -0.15) is 0 Å². The van der Waals surface area contributed by atoms with Crippen molar-refractivity contribution in [2.24, 2.45) is 0 Å². The van der Waals surface area contributed by atoms with Crippen molar-refractivity contribution in [3.8, 4) is 0 Å². The number of rotatable bonds is 3. The van der Waals surface area contributed by atoms with Crippen LogP contribution < -0.4 is 0 Å². The van der Waals surface area contributed by atoms with Crippen LogP contribution in [0.2, 0.25) is 0 Å².